The maximum atomic E-state index is 12.6. The Morgan fingerprint density at radius 1 is 1.00 bits per heavy atom. The fourth-order valence-corrected chi connectivity index (χ4v) is 10.7. The van der Waals surface area contributed by atoms with Gasteiger partial charge in [0.15, 0.2) is 0 Å². The predicted molar refractivity (Wildman–Crippen MR) is 160 cm³/mol. The smallest absolute Gasteiger partial charge is 0.459 e. The van der Waals surface area contributed by atoms with Gasteiger partial charge in [-0.3, -0.25) is 9.69 Å². The fraction of sp³-hybridized carbons (Fsp3) is 0.794. The number of hydrogen-bond acceptors (Lipinski definition) is 10. The average Bonchev–Trinajstić information content (AvgIpc) is 3.69. The van der Waals surface area contributed by atoms with Gasteiger partial charge in [-0.15, -0.1) is 0 Å². The number of hydrogen-bond donors (Lipinski definition) is 0. The first-order valence-electron chi connectivity index (χ1n) is 16.7. The zero-order chi connectivity index (χ0) is 30.9. The van der Waals surface area contributed by atoms with Gasteiger partial charge < -0.3 is 28.3 Å². The second-order valence-electron chi connectivity index (χ2n) is 15.0. The summed E-state index contributed by atoms with van der Waals surface area (Å²) in [6.45, 7) is 11.4. The van der Waals surface area contributed by atoms with Crippen LogP contribution in [0.5, 0.6) is 0 Å². The Labute approximate surface area is 259 Å². The topological polar surface area (TPSA) is 111 Å². The van der Waals surface area contributed by atoms with Crippen molar-refractivity contribution in [3.63, 3.8) is 0 Å². The molecule has 4 saturated carbocycles. The van der Waals surface area contributed by atoms with Gasteiger partial charge in [0.2, 0.25) is 0 Å². The second-order valence-corrected chi connectivity index (χ2v) is 15.0. The molecule has 10 atom stereocenters. The normalized spacial score (nSPS) is 43.1. The molecule has 1 spiro atoms. The van der Waals surface area contributed by atoms with Gasteiger partial charge in [-0.1, -0.05) is 13.8 Å². The minimum absolute atomic E-state index is 0.0904. The van der Waals surface area contributed by atoms with Crippen molar-refractivity contribution in [2.75, 3.05) is 46.4 Å². The Morgan fingerprint density at radius 2 is 1.80 bits per heavy atom. The summed E-state index contributed by atoms with van der Waals surface area (Å²) in [7, 11) is 2.13. The summed E-state index contributed by atoms with van der Waals surface area (Å²) in [5.74, 6) is 0.925. The molecule has 1 aromatic heterocycles. The summed E-state index contributed by atoms with van der Waals surface area (Å²) in [6, 6.07) is 3.29. The van der Waals surface area contributed by atoms with Crippen molar-refractivity contribution in [2.24, 2.45) is 28.6 Å². The monoisotopic (exact) mass is 612 g/mol. The number of carbonyl (C=O) groups excluding carboxylic acids is 2. The molecule has 44 heavy (non-hydrogen) atoms. The standard InChI is InChI=1S/C34H48N2O8/c1-21(37)42-29-28(22-5-8-27(38)41-20-22)33(3)12-10-25-26(34(33)30(29)44-34)7-6-23-19-24(9-11-32(23,25)2)43-31(39)40-18-17-36-15-13-35(4)14-16-36/h5,8,20,23-26,28-30H,6-7,9-19H2,1-4H3/t23-,24+,25+,26-,28+,29-,30-,32+,33-,34-/m1/s1. The Kier molecular flexibility index (Phi) is 7.64. The first-order chi connectivity index (χ1) is 21.0. The largest absolute Gasteiger partial charge is 0.508 e. The Hall–Kier alpha value is -2.43. The lowest BCUT2D eigenvalue weighted by Crippen LogP contribution is -2.58. The van der Waals surface area contributed by atoms with Crippen LogP contribution in [0.4, 0.5) is 4.79 Å². The lowest BCUT2D eigenvalue weighted by atomic mass is 9.44. The highest BCUT2D eigenvalue weighted by Gasteiger charge is 2.84. The van der Waals surface area contributed by atoms with Crippen LogP contribution in [0.3, 0.4) is 0 Å². The van der Waals surface area contributed by atoms with E-state index < -0.39 is 12.3 Å². The number of rotatable bonds is 6. The molecule has 0 N–H and O–H groups in total. The zero-order valence-electron chi connectivity index (χ0n) is 26.6. The van der Waals surface area contributed by atoms with E-state index in [1.54, 1.807) is 6.26 Å². The molecule has 0 bridgehead atoms. The Bertz CT molecular complexity index is 1310. The molecule has 10 heteroatoms. The molecule has 0 amide bonds. The van der Waals surface area contributed by atoms with Crippen molar-refractivity contribution in [2.45, 2.75) is 95.5 Å². The molecular weight excluding hydrogens is 564 g/mol. The van der Waals surface area contributed by atoms with Gasteiger partial charge in [-0.05, 0) is 86.8 Å². The molecule has 1 aromatic rings. The van der Waals surface area contributed by atoms with Crippen LogP contribution in [0.2, 0.25) is 0 Å². The minimum atomic E-state index is -0.534. The molecule has 4 aliphatic carbocycles. The van der Waals surface area contributed by atoms with E-state index >= 15 is 0 Å². The van der Waals surface area contributed by atoms with Gasteiger partial charge in [0, 0.05) is 57.0 Å². The summed E-state index contributed by atoms with van der Waals surface area (Å²) in [5, 5.41) is 0. The second kappa shape index (κ2) is 11.1. The molecule has 3 heterocycles. The van der Waals surface area contributed by atoms with E-state index in [1.165, 1.54) is 13.0 Å². The quantitative estimate of drug-likeness (QED) is 0.342. The summed E-state index contributed by atoms with van der Waals surface area (Å²) in [6.07, 6.45) is 7.23. The highest BCUT2D eigenvalue weighted by Crippen LogP contribution is 2.78. The highest BCUT2D eigenvalue weighted by atomic mass is 16.7. The van der Waals surface area contributed by atoms with Crippen molar-refractivity contribution >= 4 is 12.1 Å². The van der Waals surface area contributed by atoms with E-state index in [-0.39, 0.29) is 46.2 Å². The predicted octanol–water partition coefficient (Wildman–Crippen LogP) is 4.21. The molecule has 7 rings (SSSR count). The molecule has 2 saturated heterocycles. The van der Waals surface area contributed by atoms with Crippen molar-refractivity contribution in [3.8, 4) is 0 Å². The van der Waals surface area contributed by atoms with Crippen molar-refractivity contribution in [3.05, 3.63) is 34.4 Å². The first kappa shape index (κ1) is 30.2. The van der Waals surface area contributed by atoms with Crippen LogP contribution in [-0.2, 0) is 23.7 Å². The number of piperazine rings is 1. The first-order valence-corrected chi connectivity index (χ1v) is 16.7. The number of epoxide rings is 1. The lowest BCUT2D eigenvalue weighted by molar-refractivity contribution is -0.158. The molecular formula is C34H48N2O8. The van der Waals surface area contributed by atoms with Gasteiger partial charge in [-0.2, -0.15) is 0 Å². The van der Waals surface area contributed by atoms with Gasteiger partial charge in [0.05, 0.1) is 6.26 Å². The SMILES string of the molecule is CC(=O)O[C@H]1[C@H]2O[C@]23[C@@H]2CC[C@@H]4C[C@@H](OC(=O)OCCN5CCN(C)CC5)CC[C@]4(C)[C@H]2CC[C@]3(C)[C@H]1c1ccc(=O)oc1. The third-order valence-electron chi connectivity index (χ3n) is 12.9. The number of fused-ring (bicyclic) bond motifs is 3. The molecule has 10 nitrogen and oxygen atoms in total. The van der Waals surface area contributed by atoms with Crippen LogP contribution in [0.25, 0.3) is 0 Å². The van der Waals surface area contributed by atoms with Crippen LogP contribution < -0.4 is 5.63 Å². The van der Waals surface area contributed by atoms with Crippen LogP contribution in [0, 0.1) is 28.6 Å². The summed E-state index contributed by atoms with van der Waals surface area (Å²) in [4.78, 5) is 41.3. The van der Waals surface area contributed by atoms with Gasteiger partial charge >= 0.3 is 17.8 Å². The lowest BCUT2D eigenvalue weighted by Gasteiger charge is -2.61. The van der Waals surface area contributed by atoms with Gasteiger partial charge in [-0.25, -0.2) is 9.59 Å². The fourth-order valence-electron chi connectivity index (χ4n) is 10.7. The molecule has 0 unspecified atom stereocenters. The van der Waals surface area contributed by atoms with E-state index in [0.29, 0.717) is 24.4 Å². The van der Waals surface area contributed by atoms with Crippen LogP contribution in [0.1, 0.15) is 77.2 Å². The van der Waals surface area contributed by atoms with E-state index in [0.717, 1.165) is 83.2 Å². The van der Waals surface area contributed by atoms with Crippen molar-refractivity contribution < 1.29 is 33.0 Å². The number of esters is 1. The number of nitrogens with zero attached hydrogens (tertiary/aromatic N) is 2. The van der Waals surface area contributed by atoms with Gasteiger partial charge in [0.25, 0.3) is 0 Å². The summed E-state index contributed by atoms with van der Waals surface area (Å²) >= 11 is 0. The molecule has 0 radical (unpaired) electrons. The number of ether oxygens (including phenoxy) is 4. The van der Waals surface area contributed by atoms with E-state index in [9.17, 15) is 14.4 Å². The van der Waals surface area contributed by atoms with Gasteiger partial charge in [0.1, 0.15) is 30.5 Å². The minimum Gasteiger partial charge on any atom is -0.459 e. The molecule has 6 aliphatic rings. The maximum absolute atomic E-state index is 12.6. The number of carbonyl (C=O) groups is 2. The Morgan fingerprint density at radius 3 is 2.52 bits per heavy atom. The Balaban J connectivity index is 1.02. The third-order valence-corrected chi connectivity index (χ3v) is 12.9. The molecule has 242 valence electrons. The summed E-state index contributed by atoms with van der Waals surface area (Å²) < 4.78 is 29.4. The van der Waals surface area contributed by atoms with Crippen LogP contribution in [-0.4, -0.2) is 92.2 Å². The average molecular weight is 613 g/mol. The van der Waals surface area contributed by atoms with E-state index in [1.807, 2.05) is 6.07 Å². The van der Waals surface area contributed by atoms with Crippen LogP contribution in [0.15, 0.2) is 27.6 Å². The van der Waals surface area contributed by atoms with Crippen LogP contribution >= 0.6 is 0 Å². The molecule has 2 aliphatic heterocycles. The van der Waals surface area contributed by atoms with E-state index in [4.69, 9.17) is 23.4 Å². The number of likely N-dealkylation sites (N-methyl/N-ethyl adjacent to an activating group) is 1. The maximum Gasteiger partial charge on any atom is 0.508 e. The zero-order valence-corrected chi connectivity index (χ0v) is 26.6. The van der Waals surface area contributed by atoms with E-state index in [2.05, 4.69) is 30.7 Å². The third kappa shape index (κ3) is 4.81. The van der Waals surface area contributed by atoms with Crippen molar-refractivity contribution in [1.82, 2.24) is 9.80 Å². The summed E-state index contributed by atoms with van der Waals surface area (Å²) in [5.41, 5.74) is 0.0579. The highest BCUT2D eigenvalue weighted by molar-refractivity contribution is 5.67. The molecule has 6 fully saturated rings. The molecule has 0 aromatic carbocycles. The van der Waals surface area contributed by atoms with Crippen molar-refractivity contribution in [1.29, 1.82) is 0 Å².